The van der Waals surface area contributed by atoms with Gasteiger partial charge in [-0.3, -0.25) is 10.1 Å². The maximum Gasteiger partial charge on any atom is 0.257 e. The number of ether oxygens (including phenoxy) is 2. The average molecular weight is 502 g/mol. The second kappa shape index (κ2) is 9.46. The highest BCUT2D eigenvalue weighted by Gasteiger charge is 2.42. The highest BCUT2D eigenvalue weighted by Crippen LogP contribution is 2.32. The van der Waals surface area contributed by atoms with Gasteiger partial charge in [-0.15, -0.1) is 11.3 Å². The van der Waals surface area contributed by atoms with Crippen LogP contribution in [-0.2, 0) is 14.8 Å². The normalized spacial score (nSPS) is 15.9. The number of hydrogen-bond donors (Lipinski definition) is 1. The number of amides is 1. The molecule has 1 aromatic heterocycles. The van der Waals surface area contributed by atoms with Crippen molar-refractivity contribution < 1.29 is 22.7 Å². The SMILES string of the molecule is CCOc1ccc(-c2nc(NC(=O)c3ccc(S(=O)(=O)N4COCC4(C)C)cc3)sc2C)cc1. The first-order valence-electron chi connectivity index (χ1n) is 10.8. The van der Waals surface area contributed by atoms with Crippen LogP contribution in [0.25, 0.3) is 11.3 Å². The van der Waals surface area contributed by atoms with E-state index in [-0.39, 0.29) is 17.5 Å². The van der Waals surface area contributed by atoms with Crippen molar-refractivity contribution in [3.8, 4) is 17.0 Å². The van der Waals surface area contributed by atoms with Crippen LogP contribution in [0.1, 0.15) is 36.0 Å². The van der Waals surface area contributed by atoms with E-state index in [1.54, 1.807) is 0 Å². The lowest BCUT2D eigenvalue weighted by Crippen LogP contribution is -2.44. The zero-order chi connectivity index (χ0) is 24.5. The summed E-state index contributed by atoms with van der Waals surface area (Å²) in [5.74, 6) is 0.430. The van der Waals surface area contributed by atoms with Crippen LogP contribution in [0.5, 0.6) is 5.75 Å². The molecule has 1 N–H and O–H groups in total. The van der Waals surface area contributed by atoms with Crippen molar-refractivity contribution in [1.29, 1.82) is 0 Å². The van der Waals surface area contributed by atoms with Crippen molar-refractivity contribution in [2.45, 2.75) is 38.1 Å². The molecule has 4 rings (SSSR count). The van der Waals surface area contributed by atoms with Crippen molar-refractivity contribution in [3.63, 3.8) is 0 Å². The summed E-state index contributed by atoms with van der Waals surface area (Å²) in [6.07, 6.45) is 0. The zero-order valence-corrected chi connectivity index (χ0v) is 21.1. The first-order chi connectivity index (χ1) is 16.1. The van der Waals surface area contributed by atoms with Gasteiger partial charge in [-0.1, -0.05) is 0 Å². The lowest BCUT2D eigenvalue weighted by atomic mass is 10.1. The van der Waals surface area contributed by atoms with Crippen LogP contribution in [0, 0.1) is 6.92 Å². The zero-order valence-electron chi connectivity index (χ0n) is 19.5. The molecule has 1 saturated heterocycles. The molecule has 0 atom stereocenters. The van der Waals surface area contributed by atoms with E-state index in [0.29, 0.717) is 23.9 Å². The molecule has 2 heterocycles. The number of carbonyl (C=O) groups is 1. The molecule has 1 fully saturated rings. The number of hydrogen-bond acceptors (Lipinski definition) is 7. The van der Waals surface area contributed by atoms with E-state index in [1.807, 2.05) is 52.0 Å². The Labute approximate surface area is 203 Å². The van der Waals surface area contributed by atoms with Crippen LogP contribution in [0.2, 0.25) is 0 Å². The Hall–Kier alpha value is -2.79. The third-order valence-electron chi connectivity index (χ3n) is 5.50. The molecule has 8 nitrogen and oxygen atoms in total. The van der Waals surface area contributed by atoms with Crippen LogP contribution >= 0.6 is 11.3 Å². The van der Waals surface area contributed by atoms with Gasteiger partial charge in [-0.2, -0.15) is 4.31 Å². The predicted molar refractivity (Wildman–Crippen MR) is 132 cm³/mol. The van der Waals surface area contributed by atoms with Gasteiger partial charge in [-0.05, 0) is 76.2 Å². The van der Waals surface area contributed by atoms with Gasteiger partial charge in [0.15, 0.2) is 5.13 Å². The van der Waals surface area contributed by atoms with E-state index < -0.39 is 15.6 Å². The largest absolute Gasteiger partial charge is 0.494 e. The molecular weight excluding hydrogens is 474 g/mol. The van der Waals surface area contributed by atoms with Crippen molar-refractivity contribution in [3.05, 3.63) is 59.0 Å². The van der Waals surface area contributed by atoms with Gasteiger partial charge in [0.25, 0.3) is 5.91 Å². The van der Waals surface area contributed by atoms with Gasteiger partial charge in [-0.25, -0.2) is 13.4 Å². The van der Waals surface area contributed by atoms with Crippen LogP contribution in [0.4, 0.5) is 5.13 Å². The van der Waals surface area contributed by atoms with E-state index in [2.05, 4.69) is 10.3 Å². The molecule has 0 bridgehead atoms. The molecule has 10 heteroatoms. The number of nitrogens with one attached hydrogen (secondary N) is 1. The molecular formula is C24H27N3O5S2. The van der Waals surface area contributed by atoms with Crippen molar-refractivity contribution in [2.75, 3.05) is 25.3 Å². The summed E-state index contributed by atoms with van der Waals surface area (Å²) < 4.78 is 38.1. The standard InChI is InChI=1S/C24H27N3O5S2/c1-5-32-19-10-6-17(7-11-19)21-16(2)33-23(25-21)26-22(28)18-8-12-20(13-9-18)34(29,30)27-15-31-14-24(27,3)4/h6-13H,5,14-15H2,1-4H3,(H,25,26,28). The highest BCUT2D eigenvalue weighted by atomic mass is 32.2. The number of nitrogens with zero attached hydrogens (tertiary/aromatic N) is 2. The number of sulfonamides is 1. The fourth-order valence-electron chi connectivity index (χ4n) is 3.69. The monoisotopic (exact) mass is 501 g/mol. The minimum Gasteiger partial charge on any atom is -0.494 e. The van der Waals surface area contributed by atoms with Gasteiger partial charge < -0.3 is 9.47 Å². The molecule has 180 valence electrons. The van der Waals surface area contributed by atoms with Gasteiger partial charge >= 0.3 is 0 Å². The van der Waals surface area contributed by atoms with Crippen LogP contribution in [0.15, 0.2) is 53.4 Å². The van der Waals surface area contributed by atoms with Gasteiger partial charge in [0.05, 0.1) is 29.3 Å². The lowest BCUT2D eigenvalue weighted by Gasteiger charge is -2.28. The molecule has 0 spiro atoms. The Morgan fingerprint density at radius 1 is 1.18 bits per heavy atom. The molecule has 0 aliphatic carbocycles. The van der Waals surface area contributed by atoms with E-state index in [0.717, 1.165) is 21.9 Å². The number of aromatic nitrogens is 1. The van der Waals surface area contributed by atoms with Crippen LogP contribution in [0.3, 0.4) is 0 Å². The van der Waals surface area contributed by atoms with E-state index in [9.17, 15) is 13.2 Å². The molecule has 1 aliphatic rings. The maximum absolute atomic E-state index is 13.0. The minimum absolute atomic E-state index is 0.0116. The van der Waals surface area contributed by atoms with Gasteiger partial charge in [0.1, 0.15) is 12.5 Å². The molecule has 0 saturated carbocycles. The predicted octanol–water partition coefficient (Wildman–Crippen LogP) is 4.53. The number of carbonyl (C=O) groups excluding carboxylic acids is 1. The maximum atomic E-state index is 13.0. The average Bonchev–Trinajstić information content (AvgIpc) is 3.35. The molecule has 1 aliphatic heterocycles. The smallest absolute Gasteiger partial charge is 0.257 e. The molecule has 1 amide bonds. The Morgan fingerprint density at radius 3 is 2.44 bits per heavy atom. The summed E-state index contributed by atoms with van der Waals surface area (Å²) in [4.78, 5) is 18.4. The number of anilines is 1. The van der Waals surface area contributed by atoms with Crippen molar-refractivity contribution in [1.82, 2.24) is 9.29 Å². The van der Waals surface area contributed by atoms with Crippen molar-refractivity contribution in [2.24, 2.45) is 0 Å². The third kappa shape index (κ3) is 4.85. The Morgan fingerprint density at radius 2 is 1.85 bits per heavy atom. The van der Waals surface area contributed by atoms with E-state index >= 15 is 0 Å². The Kier molecular flexibility index (Phi) is 6.77. The Balaban J connectivity index is 1.48. The number of rotatable bonds is 7. The van der Waals surface area contributed by atoms with Gasteiger partial charge in [0.2, 0.25) is 10.0 Å². The molecule has 34 heavy (non-hydrogen) atoms. The summed E-state index contributed by atoms with van der Waals surface area (Å²) in [7, 11) is -3.73. The first kappa shape index (κ1) is 24.3. The van der Waals surface area contributed by atoms with Gasteiger partial charge in [0, 0.05) is 16.0 Å². The quantitative estimate of drug-likeness (QED) is 0.511. The van der Waals surface area contributed by atoms with Crippen LogP contribution in [-0.4, -0.2) is 49.1 Å². The molecule has 0 unspecified atom stereocenters. The fourth-order valence-corrected chi connectivity index (χ4v) is 6.17. The second-order valence-corrected chi connectivity index (χ2v) is 11.6. The minimum atomic E-state index is -3.73. The van der Waals surface area contributed by atoms with E-state index in [1.165, 1.54) is 39.9 Å². The lowest BCUT2D eigenvalue weighted by molar-refractivity contribution is 0.102. The van der Waals surface area contributed by atoms with E-state index in [4.69, 9.17) is 9.47 Å². The number of benzene rings is 2. The fraction of sp³-hybridized carbons (Fsp3) is 0.333. The molecule has 0 radical (unpaired) electrons. The first-order valence-corrected chi connectivity index (χ1v) is 13.1. The summed E-state index contributed by atoms with van der Waals surface area (Å²) in [6.45, 7) is 8.46. The highest BCUT2D eigenvalue weighted by molar-refractivity contribution is 7.89. The number of thiazole rings is 1. The summed E-state index contributed by atoms with van der Waals surface area (Å²) in [5, 5.41) is 3.28. The van der Waals surface area contributed by atoms with Crippen molar-refractivity contribution >= 4 is 32.4 Å². The second-order valence-electron chi connectivity index (χ2n) is 8.50. The number of aryl methyl sites for hydroxylation is 1. The summed E-state index contributed by atoms with van der Waals surface area (Å²) in [6, 6.07) is 13.5. The van der Waals surface area contributed by atoms with Crippen LogP contribution < -0.4 is 10.1 Å². The molecule has 2 aromatic carbocycles. The topological polar surface area (TPSA) is 97.8 Å². The summed E-state index contributed by atoms with van der Waals surface area (Å²) >= 11 is 1.38. The molecule has 3 aromatic rings. The Bertz CT molecular complexity index is 1280. The summed E-state index contributed by atoms with van der Waals surface area (Å²) in [5.41, 5.74) is 1.44. The third-order valence-corrected chi connectivity index (χ3v) is 8.43.